The van der Waals surface area contributed by atoms with Gasteiger partial charge in [-0.15, -0.1) is 0 Å². The fourth-order valence-electron chi connectivity index (χ4n) is 2.40. The molecule has 0 saturated carbocycles. The van der Waals surface area contributed by atoms with Gasteiger partial charge in [0.1, 0.15) is 0 Å². The van der Waals surface area contributed by atoms with Gasteiger partial charge in [0.2, 0.25) is 0 Å². The molecular weight excluding hydrogens is 296 g/mol. The molecule has 0 fully saturated rings. The van der Waals surface area contributed by atoms with E-state index < -0.39 is 12.1 Å². The summed E-state index contributed by atoms with van der Waals surface area (Å²) < 4.78 is 5.07. The van der Waals surface area contributed by atoms with Crippen LogP contribution >= 0.6 is 0 Å². The number of esters is 1. The van der Waals surface area contributed by atoms with Gasteiger partial charge in [-0.3, -0.25) is 4.79 Å². The van der Waals surface area contributed by atoms with Crippen LogP contribution in [0.2, 0.25) is 0 Å². The number of nitrogens with zero attached hydrogens (tertiary/aromatic N) is 2. The Balaban J connectivity index is 1.77. The quantitative estimate of drug-likeness (QED) is 0.609. The molecule has 1 amide bonds. The van der Waals surface area contributed by atoms with Gasteiger partial charge in [-0.1, -0.05) is 11.6 Å². The molecule has 0 saturated heterocycles. The molecule has 2 rings (SSSR count). The van der Waals surface area contributed by atoms with Crippen LogP contribution in [-0.4, -0.2) is 34.5 Å². The number of hydrogen-bond donors (Lipinski definition) is 2. The summed E-state index contributed by atoms with van der Waals surface area (Å²) in [5, 5.41) is 2.78. The lowest BCUT2D eigenvalue weighted by Crippen LogP contribution is -2.36. The minimum absolute atomic E-state index is 0.0191. The Labute approximate surface area is 135 Å². The number of aromatic nitrogens is 2. The van der Waals surface area contributed by atoms with E-state index in [1.807, 2.05) is 0 Å². The normalized spacial score (nSPS) is 15.4. The molecule has 7 nitrogen and oxygen atoms in total. The number of nitrogens with two attached hydrogens (primary N) is 1. The molecule has 0 spiro atoms. The van der Waals surface area contributed by atoms with Crippen LogP contribution in [0.1, 0.15) is 49.5 Å². The van der Waals surface area contributed by atoms with Crippen molar-refractivity contribution in [3.8, 4) is 0 Å². The average molecular weight is 318 g/mol. The van der Waals surface area contributed by atoms with Crippen LogP contribution in [0.5, 0.6) is 0 Å². The number of anilines is 1. The summed E-state index contributed by atoms with van der Waals surface area (Å²) >= 11 is 0. The largest absolute Gasteiger partial charge is 0.448 e. The summed E-state index contributed by atoms with van der Waals surface area (Å²) in [6.45, 7) is 2.06. The summed E-state index contributed by atoms with van der Waals surface area (Å²) in [5.41, 5.74) is 6.85. The molecule has 124 valence electrons. The molecule has 7 heteroatoms. The van der Waals surface area contributed by atoms with Gasteiger partial charge < -0.3 is 15.8 Å². The number of nitrogens with one attached hydrogen (secondary N) is 1. The van der Waals surface area contributed by atoms with E-state index in [0.717, 1.165) is 19.3 Å². The number of allylic oxidation sites excluding steroid dienone is 1. The van der Waals surface area contributed by atoms with Gasteiger partial charge in [-0.2, -0.15) is 0 Å². The van der Waals surface area contributed by atoms with Gasteiger partial charge >= 0.3 is 5.97 Å². The maximum atomic E-state index is 12.0. The van der Waals surface area contributed by atoms with E-state index in [2.05, 4.69) is 21.4 Å². The molecule has 1 atom stereocenters. The van der Waals surface area contributed by atoms with Crippen LogP contribution in [0.25, 0.3) is 0 Å². The van der Waals surface area contributed by atoms with E-state index in [4.69, 9.17) is 10.5 Å². The van der Waals surface area contributed by atoms with Crippen molar-refractivity contribution in [2.45, 2.75) is 45.1 Å². The zero-order chi connectivity index (χ0) is 16.7. The summed E-state index contributed by atoms with van der Waals surface area (Å²) in [7, 11) is 0. The Hall–Kier alpha value is -2.44. The fraction of sp³-hybridized carbons (Fsp3) is 0.500. The van der Waals surface area contributed by atoms with Gasteiger partial charge in [-0.05, 0) is 39.0 Å². The predicted molar refractivity (Wildman–Crippen MR) is 85.5 cm³/mol. The van der Waals surface area contributed by atoms with E-state index in [0.29, 0.717) is 6.54 Å². The van der Waals surface area contributed by atoms with E-state index in [-0.39, 0.29) is 17.4 Å². The van der Waals surface area contributed by atoms with E-state index in [9.17, 15) is 9.59 Å². The second-order valence-electron chi connectivity index (χ2n) is 5.49. The lowest BCUT2D eigenvalue weighted by molar-refractivity contribution is -0.129. The molecule has 0 aliphatic heterocycles. The highest BCUT2D eigenvalue weighted by molar-refractivity contribution is 5.93. The monoisotopic (exact) mass is 318 g/mol. The van der Waals surface area contributed by atoms with E-state index in [1.54, 1.807) is 0 Å². The van der Waals surface area contributed by atoms with Crippen molar-refractivity contribution in [3.63, 3.8) is 0 Å². The highest BCUT2D eigenvalue weighted by atomic mass is 16.5. The predicted octanol–water partition coefficient (Wildman–Crippen LogP) is 1.61. The van der Waals surface area contributed by atoms with Crippen molar-refractivity contribution in [2.24, 2.45) is 0 Å². The Morgan fingerprint density at radius 2 is 2.13 bits per heavy atom. The zero-order valence-electron chi connectivity index (χ0n) is 13.2. The first-order valence-corrected chi connectivity index (χ1v) is 7.81. The number of carbonyl (C=O) groups is 2. The summed E-state index contributed by atoms with van der Waals surface area (Å²) in [6.07, 6.45) is 9.58. The summed E-state index contributed by atoms with van der Waals surface area (Å²) in [6, 6.07) is 0. The number of rotatable bonds is 6. The van der Waals surface area contributed by atoms with E-state index in [1.165, 1.54) is 37.7 Å². The lowest BCUT2D eigenvalue weighted by atomic mass is 9.97. The first-order chi connectivity index (χ1) is 11.1. The van der Waals surface area contributed by atoms with E-state index >= 15 is 0 Å². The Kier molecular flexibility index (Phi) is 6.08. The van der Waals surface area contributed by atoms with Crippen molar-refractivity contribution in [1.82, 2.24) is 15.3 Å². The van der Waals surface area contributed by atoms with Crippen molar-refractivity contribution in [2.75, 3.05) is 12.3 Å². The Morgan fingerprint density at radius 3 is 2.83 bits per heavy atom. The molecule has 0 unspecified atom stereocenters. The molecule has 1 heterocycles. The van der Waals surface area contributed by atoms with Gasteiger partial charge in [0, 0.05) is 18.9 Å². The number of hydrogen-bond acceptors (Lipinski definition) is 6. The minimum Gasteiger partial charge on any atom is -0.448 e. The maximum Gasteiger partial charge on any atom is 0.361 e. The molecule has 0 radical (unpaired) electrons. The standard InChI is InChI=1S/C16H22N4O3/c1-11(23-16(22)13-14(17)19-10-9-18-13)15(21)20-8-7-12-5-3-2-4-6-12/h5,9-11H,2-4,6-8H2,1H3,(H2,17,19)(H,20,21)/t11-/m0/s1. The number of carbonyl (C=O) groups excluding carboxylic acids is 2. The number of ether oxygens (including phenoxy) is 1. The Bertz CT molecular complexity index is 601. The third-order valence-electron chi connectivity index (χ3n) is 3.70. The molecule has 1 aromatic rings. The summed E-state index contributed by atoms with van der Waals surface area (Å²) in [5.74, 6) is -1.11. The summed E-state index contributed by atoms with van der Waals surface area (Å²) in [4.78, 5) is 31.4. The number of nitrogen functional groups attached to an aromatic ring is 1. The van der Waals surface area contributed by atoms with Gasteiger partial charge in [0.15, 0.2) is 17.6 Å². The topological polar surface area (TPSA) is 107 Å². The minimum atomic E-state index is -0.913. The van der Waals surface area contributed by atoms with Gasteiger partial charge in [0.25, 0.3) is 5.91 Å². The van der Waals surface area contributed by atoms with Crippen molar-refractivity contribution >= 4 is 17.7 Å². The lowest BCUT2D eigenvalue weighted by Gasteiger charge is -2.15. The highest BCUT2D eigenvalue weighted by Crippen LogP contribution is 2.19. The maximum absolute atomic E-state index is 12.0. The smallest absolute Gasteiger partial charge is 0.361 e. The molecule has 0 aromatic carbocycles. The third-order valence-corrected chi connectivity index (χ3v) is 3.70. The van der Waals surface area contributed by atoms with Crippen molar-refractivity contribution in [3.05, 3.63) is 29.7 Å². The van der Waals surface area contributed by atoms with Gasteiger partial charge in [-0.25, -0.2) is 14.8 Å². The molecular formula is C16H22N4O3. The number of amides is 1. The first kappa shape index (κ1) is 16.9. The van der Waals surface area contributed by atoms with Crippen molar-refractivity contribution < 1.29 is 14.3 Å². The van der Waals surface area contributed by atoms with Crippen LogP contribution in [0, 0.1) is 0 Å². The molecule has 1 aromatic heterocycles. The molecule has 1 aliphatic carbocycles. The van der Waals surface area contributed by atoms with Crippen molar-refractivity contribution in [1.29, 1.82) is 0 Å². The first-order valence-electron chi connectivity index (χ1n) is 7.81. The average Bonchev–Trinajstić information content (AvgIpc) is 2.56. The van der Waals surface area contributed by atoms with Gasteiger partial charge in [0.05, 0.1) is 0 Å². The third kappa shape index (κ3) is 5.05. The molecule has 1 aliphatic rings. The Morgan fingerprint density at radius 1 is 1.35 bits per heavy atom. The molecule has 23 heavy (non-hydrogen) atoms. The SMILES string of the molecule is C[C@H](OC(=O)c1nccnc1N)C(=O)NCCC1=CCCCC1. The van der Waals surface area contributed by atoms with Crippen LogP contribution < -0.4 is 11.1 Å². The van der Waals surface area contributed by atoms with Crippen LogP contribution in [0.3, 0.4) is 0 Å². The zero-order valence-corrected chi connectivity index (χ0v) is 13.2. The second kappa shape index (κ2) is 8.26. The van der Waals surface area contributed by atoms with Crippen LogP contribution in [-0.2, 0) is 9.53 Å². The van der Waals surface area contributed by atoms with Crippen LogP contribution in [0.4, 0.5) is 5.82 Å². The second-order valence-corrected chi connectivity index (χ2v) is 5.49. The molecule has 0 bridgehead atoms. The molecule has 3 N–H and O–H groups in total. The van der Waals surface area contributed by atoms with Crippen LogP contribution in [0.15, 0.2) is 24.0 Å². The fourth-order valence-corrected chi connectivity index (χ4v) is 2.40. The highest BCUT2D eigenvalue weighted by Gasteiger charge is 2.21.